The van der Waals surface area contributed by atoms with E-state index in [0.29, 0.717) is 19.5 Å². The van der Waals surface area contributed by atoms with Gasteiger partial charge in [0, 0.05) is 6.54 Å². The van der Waals surface area contributed by atoms with E-state index in [4.69, 9.17) is 16.7 Å². The zero-order valence-corrected chi connectivity index (χ0v) is 9.39. The predicted molar refractivity (Wildman–Crippen MR) is 59.4 cm³/mol. The van der Waals surface area contributed by atoms with Gasteiger partial charge in [0.1, 0.15) is 5.82 Å². The number of benzene rings is 1. The third-order valence-electron chi connectivity index (χ3n) is 2.05. The number of hydrogen-bond donors (Lipinski definition) is 2. The molecule has 0 aromatic heterocycles. The van der Waals surface area contributed by atoms with E-state index in [1.807, 2.05) is 0 Å². The van der Waals surface area contributed by atoms with Gasteiger partial charge in [-0.05, 0) is 37.6 Å². The number of hydrogen-bond acceptors (Lipinski definition) is 2. The highest BCUT2D eigenvalue weighted by Crippen LogP contribution is 2.15. The molecule has 1 aromatic carbocycles. The zero-order chi connectivity index (χ0) is 11.3. The topological polar surface area (TPSA) is 32.3 Å². The Morgan fingerprint density at radius 2 is 2.27 bits per heavy atom. The van der Waals surface area contributed by atoms with Crippen LogP contribution in [0.4, 0.5) is 4.39 Å². The van der Waals surface area contributed by atoms with Gasteiger partial charge in [-0.15, -0.1) is 0 Å². The molecule has 15 heavy (non-hydrogen) atoms. The van der Waals surface area contributed by atoms with Crippen molar-refractivity contribution < 1.29 is 9.50 Å². The molecule has 0 bridgehead atoms. The SMILES string of the molecule is C[C@H](O)CCNCc1ccc(Cl)c(F)c1. The summed E-state index contributed by atoms with van der Waals surface area (Å²) < 4.78 is 13.0. The van der Waals surface area contributed by atoms with E-state index in [2.05, 4.69) is 5.32 Å². The van der Waals surface area contributed by atoms with E-state index < -0.39 is 5.82 Å². The number of aliphatic hydroxyl groups excluding tert-OH is 1. The fourth-order valence-corrected chi connectivity index (χ4v) is 1.31. The summed E-state index contributed by atoms with van der Waals surface area (Å²) in [5.41, 5.74) is 0.850. The summed E-state index contributed by atoms with van der Waals surface area (Å²) in [5, 5.41) is 12.3. The van der Waals surface area contributed by atoms with Crippen LogP contribution >= 0.6 is 11.6 Å². The van der Waals surface area contributed by atoms with Gasteiger partial charge in [0.25, 0.3) is 0 Å². The smallest absolute Gasteiger partial charge is 0.142 e. The van der Waals surface area contributed by atoms with Crippen molar-refractivity contribution in [1.82, 2.24) is 5.32 Å². The standard InChI is InChI=1S/C11H15ClFNO/c1-8(15)4-5-14-7-9-2-3-10(12)11(13)6-9/h2-3,6,8,14-15H,4-5,7H2,1H3/t8-/m0/s1. The first-order chi connectivity index (χ1) is 7.09. The number of nitrogens with one attached hydrogen (secondary N) is 1. The van der Waals surface area contributed by atoms with Gasteiger partial charge >= 0.3 is 0 Å². The molecule has 0 heterocycles. The third kappa shape index (κ3) is 4.60. The molecule has 0 spiro atoms. The fraction of sp³-hybridized carbons (Fsp3) is 0.455. The second-order valence-corrected chi connectivity index (χ2v) is 3.97. The van der Waals surface area contributed by atoms with Gasteiger partial charge in [0.15, 0.2) is 0 Å². The lowest BCUT2D eigenvalue weighted by atomic mass is 10.2. The van der Waals surface area contributed by atoms with Crippen LogP contribution in [0.1, 0.15) is 18.9 Å². The second-order valence-electron chi connectivity index (χ2n) is 3.56. The van der Waals surface area contributed by atoms with Gasteiger partial charge < -0.3 is 10.4 Å². The Kier molecular flexibility index (Phi) is 5.02. The lowest BCUT2D eigenvalue weighted by Crippen LogP contribution is -2.18. The van der Waals surface area contributed by atoms with Crippen LogP contribution < -0.4 is 5.32 Å². The summed E-state index contributed by atoms with van der Waals surface area (Å²) in [6, 6.07) is 4.74. The average molecular weight is 232 g/mol. The van der Waals surface area contributed by atoms with Crippen LogP contribution in [0.15, 0.2) is 18.2 Å². The minimum atomic E-state index is -0.397. The van der Waals surface area contributed by atoms with Crippen LogP contribution in [0.2, 0.25) is 5.02 Å². The predicted octanol–water partition coefficient (Wildman–Crippen LogP) is 2.34. The van der Waals surface area contributed by atoms with Crippen molar-refractivity contribution in [2.45, 2.75) is 26.0 Å². The highest BCUT2D eigenvalue weighted by atomic mass is 35.5. The van der Waals surface area contributed by atoms with Gasteiger partial charge in [-0.3, -0.25) is 0 Å². The van der Waals surface area contributed by atoms with Gasteiger partial charge in [-0.1, -0.05) is 17.7 Å². The molecule has 2 nitrogen and oxygen atoms in total. The third-order valence-corrected chi connectivity index (χ3v) is 2.36. The molecule has 2 N–H and O–H groups in total. The van der Waals surface area contributed by atoms with Crippen molar-refractivity contribution in [2.24, 2.45) is 0 Å². The first-order valence-corrected chi connectivity index (χ1v) is 5.30. The molecule has 1 rings (SSSR count). The lowest BCUT2D eigenvalue weighted by molar-refractivity contribution is 0.183. The highest BCUT2D eigenvalue weighted by molar-refractivity contribution is 6.30. The summed E-state index contributed by atoms with van der Waals surface area (Å²) in [6.07, 6.45) is 0.384. The number of halogens is 2. The van der Waals surface area contributed by atoms with Crippen LogP contribution in [-0.4, -0.2) is 17.8 Å². The van der Waals surface area contributed by atoms with Crippen molar-refractivity contribution in [1.29, 1.82) is 0 Å². The van der Waals surface area contributed by atoms with Crippen molar-refractivity contribution >= 4 is 11.6 Å². The van der Waals surface area contributed by atoms with E-state index in [1.54, 1.807) is 19.1 Å². The Balaban J connectivity index is 2.35. The van der Waals surface area contributed by atoms with E-state index in [9.17, 15) is 4.39 Å². The summed E-state index contributed by atoms with van der Waals surface area (Å²) in [5.74, 6) is -0.397. The molecule has 84 valence electrons. The summed E-state index contributed by atoms with van der Waals surface area (Å²) in [6.45, 7) is 3.03. The molecule has 0 unspecified atom stereocenters. The van der Waals surface area contributed by atoms with E-state index in [-0.39, 0.29) is 11.1 Å². The zero-order valence-electron chi connectivity index (χ0n) is 8.63. The van der Waals surface area contributed by atoms with Crippen molar-refractivity contribution in [2.75, 3.05) is 6.54 Å². The molecule has 0 aliphatic carbocycles. The molecular weight excluding hydrogens is 217 g/mol. The van der Waals surface area contributed by atoms with E-state index >= 15 is 0 Å². The van der Waals surface area contributed by atoms with Crippen LogP contribution in [0.5, 0.6) is 0 Å². The van der Waals surface area contributed by atoms with Gasteiger partial charge in [-0.2, -0.15) is 0 Å². The molecule has 1 aromatic rings. The molecule has 0 saturated heterocycles. The van der Waals surface area contributed by atoms with Gasteiger partial charge in [-0.25, -0.2) is 4.39 Å². The van der Waals surface area contributed by atoms with E-state index in [0.717, 1.165) is 5.56 Å². The molecule has 1 atom stereocenters. The van der Waals surface area contributed by atoms with Crippen molar-refractivity contribution in [3.05, 3.63) is 34.6 Å². The monoisotopic (exact) mass is 231 g/mol. The Labute approximate surface area is 94.1 Å². The van der Waals surface area contributed by atoms with Crippen molar-refractivity contribution in [3.8, 4) is 0 Å². The first-order valence-electron chi connectivity index (χ1n) is 4.92. The lowest BCUT2D eigenvalue weighted by Gasteiger charge is -2.06. The maximum Gasteiger partial charge on any atom is 0.142 e. The Bertz CT molecular complexity index is 317. The quantitative estimate of drug-likeness (QED) is 0.763. The molecule has 0 fully saturated rings. The van der Waals surface area contributed by atoms with Gasteiger partial charge in [0.05, 0.1) is 11.1 Å². The molecule has 0 amide bonds. The number of rotatable bonds is 5. The summed E-state index contributed by atoms with van der Waals surface area (Å²) in [7, 11) is 0. The van der Waals surface area contributed by atoms with Crippen LogP contribution in [0.3, 0.4) is 0 Å². The normalized spacial score (nSPS) is 12.8. The largest absolute Gasteiger partial charge is 0.393 e. The highest BCUT2D eigenvalue weighted by Gasteiger charge is 2.01. The Hall–Kier alpha value is -0.640. The van der Waals surface area contributed by atoms with E-state index in [1.165, 1.54) is 6.07 Å². The minimum Gasteiger partial charge on any atom is -0.393 e. The molecule has 0 saturated carbocycles. The molecular formula is C11H15ClFNO. The van der Waals surface area contributed by atoms with Crippen molar-refractivity contribution in [3.63, 3.8) is 0 Å². The second kappa shape index (κ2) is 6.05. The maximum atomic E-state index is 13.0. The molecule has 0 aliphatic heterocycles. The Morgan fingerprint density at radius 1 is 1.53 bits per heavy atom. The van der Waals surface area contributed by atoms with Gasteiger partial charge in [0.2, 0.25) is 0 Å². The fourth-order valence-electron chi connectivity index (χ4n) is 1.19. The molecule has 0 aliphatic rings. The van der Waals surface area contributed by atoms with Crippen LogP contribution in [-0.2, 0) is 6.54 Å². The molecule has 0 radical (unpaired) electrons. The minimum absolute atomic E-state index is 0.141. The number of aliphatic hydroxyl groups is 1. The summed E-state index contributed by atoms with van der Waals surface area (Å²) >= 11 is 5.56. The first kappa shape index (κ1) is 12.4. The average Bonchev–Trinajstić information content (AvgIpc) is 2.18. The molecule has 4 heteroatoms. The Morgan fingerprint density at radius 3 is 2.87 bits per heavy atom. The summed E-state index contributed by atoms with van der Waals surface area (Å²) in [4.78, 5) is 0. The van der Waals surface area contributed by atoms with Crippen LogP contribution in [0, 0.1) is 5.82 Å². The maximum absolute atomic E-state index is 13.0. The van der Waals surface area contributed by atoms with Crippen LogP contribution in [0.25, 0.3) is 0 Å².